The molecular formula is C14H16N2O3. The van der Waals surface area contributed by atoms with Gasteiger partial charge in [0.15, 0.2) is 0 Å². The Morgan fingerprint density at radius 1 is 1.42 bits per heavy atom. The van der Waals surface area contributed by atoms with E-state index in [1.54, 1.807) is 17.1 Å². The predicted octanol–water partition coefficient (Wildman–Crippen LogP) is 1.83. The van der Waals surface area contributed by atoms with Gasteiger partial charge in [-0.15, -0.1) is 0 Å². The zero-order chi connectivity index (χ0) is 13.8. The minimum Gasteiger partial charge on any atom is -0.481 e. The highest BCUT2D eigenvalue weighted by atomic mass is 16.4. The van der Waals surface area contributed by atoms with E-state index >= 15 is 0 Å². The summed E-state index contributed by atoms with van der Waals surface area (Å²) in [6.07, 6.45) is 3.54. The molecule has 0 unspecified atom stereocenters. The fraction of sp³-hybridized carbons (Fsp3) is 0.286. The van der Waals surface area contributed by atoms with E-state index in [1.165, 1.54) is 0 Å². The summed E-state index contributed by atoms with van der Waals surface area (Å²) in [6, 6.07) is 5.80. The van der Waals surface area contributed by atoms with Gasteiger partial charge in [-0.25, -0.2) is 0 Å². The maximum atomic E-state index is 10.5. The standard InChI is InChI=1S/C14H16N2O3/c1-10-3-2-4-12(13(10)9-17)11-7-15-16(8-11)6-5-14(18)19/h2-4,7-8,17H,5-6,9H2,1H3,(H,18,19). The summed E-state index contributed by atoms with van der Waals surface area (Å²) in [5.74, 6) is -0.844. The molecule has 0 saturated heterocycles. The summed E-state index contributed by atoms with van der Waals surface area (Å²) in [4.78, 5) is 10.5. The third-order valence-corrected chi connectivity index (χ3v) is 3.07. The summed E-state index contributed by atoms with van der Waals surface area (Å²) in [7, 11) is 0. The molecule has 1 aromatic carbocycles. The van der Waals surface area contributed by atoms with Crippen molar-refractivity contribution in [1.29, 1.82) is 0 Å². The van der Waals surface area contributed by atoms with Crippen molar-refractivity contribution in [2.24, 2.45) is 0 Å². The molecule has 0 amide bonds. The summed E-state index contributed by atoms with van der Waals surface area (Å²) < 4.78 is 1.60. The van der Waals surface area contributed by atoms with Crippen molar-refractivity contribution in [2.45, 2.75) is 26.5 Å². The predicted molar refractivity (Wildman–Crippen MR) is 70.6 cm³/mol. The highest BCUT2D eigenvalue weighted by Gasteiger charge is 2.09. The van der Waals surface area contributed by atoms with Gasteiger partial charge < -0.3 is 10.2 Å². The van der Waals surface area contributed by atoms with Crippen LogP contribution in [0.25, 0.3) is 11.1 Å². The molecule has 0 radical (unpaired) electrons. The van der Waals surface area contributed by atoms with Crippen LogP contribution in [0.1, 0.15) is 17.5 Å². The van der Waals surface area contributed by atoms with Gasteiger partial charge in [-0.3, -0.25) is 9.48 Å². The molecule has 100 valence electrons. The fourth-order valence-electron chi connectivity index (χ4n) is 2.02. The third kappa shape index (κ3) is 3.00. The van der Waals surface area contributed by atoms with Crippen molar-refractivity contribution in [3.05, 3.63) is 41.7 Å². The number of carboxylic acids is 1. The quantitative estimate of drug-likeness (QED) is 0.860. The second kappa shape index (κ2) is 5.67. The van der Waals surface area contributed by atoms with E-state index in [0.29, 0.717) is 6.54 Å². The molecule has 19 heavy (non-hydrogen) atoms. The number of benzene rings is 1. The Morgan fingerprint density at radius 2 is 2.21 bits per heavy atom. The van der Waals surface area contributed by atoms with Gasteiger partial charge in [0.25, 0.3) is 0 Å². The number of carbonyl (C=O) groups is 1. The number of aliphatic hydroxyl groups is 1. The minimum absolute atomic E-state index is 0.0255. The number of aliphatic carboxylic acids is 1. The zero-order valence-corrected chi connectivity index (χ0v) is 10.7. The largest absolute Gasteiger partial charge is 0.481 e. The van der Waals surface area contributed by atoms with E-state index in [4.69, 9.17) is 5.11 Å². The number of hydrogen-bond donors (Lipinski definition) is 2. The van der Waals surface area contributed by atoms with Crippen LogP contribution in [0.2, 0.25) is 0 Å². The molecule has 0 saturated carbocycles. The van der Waals surface area contributed by atoms with Crippen LogP contribution in [0, 0.1) is 6.92 Å². The molecule has 0 aliphatic rings. The first-order chi connectivity index (χ1) is 9.11. The van der Waals surface area contributed by atoms with Gasteiger partial charge in [0, 0.05) is 11.8 Å². The lowest BCUT2D eigenvalue weighted by Gasteiger charge is -2.08. The number of hydrogen-bond acceptors (Lipinski definition) is 3. The Balaban J connectivity index is 2.28. The van der Waals surface area contributed by atoms with Gasteiger partial charge in [0.1, 0.15) is 0 Å². The smallest absolute Gasteiger partial charge is 0.305 e. The second-order valence-electron chi connectivity index (χ2n) is 4.39. The van der Waals surface area contributed by atoms with E-state index in [2.05, 4.69) is 5.10 Å². The monoisotopic (exact) mass is 260 g/mol. The number of aromatic nitrogens is 2. The average Bonchev–Trinajstić information content (AvgIpc) is 2.84. The van der Waals surface area contributed by atoms with Crippen LogP contribution < -0.4 is 0 Å². The van der Waals surface area contributed by atoms with Crippen molar-refractivity contribution >= 4 is 5.97 Å². The summed E-state index contributed by atoms with van der Waals surface area (Å²) in [5.41, 5.74) is 3.72. The molecule has 1 heterocycles. The van der Waals surface area contributed by atoms with Gasteiger partial charge in [-0.05, 0) is 23.6 Å². The van der Waals surface area contributed by atoms with Gasteiger partial charge in [-0.1, -0.05) is 18.2 Å². The van der Waals surface area contributed by atoms with Crippen LogP contribution in [0.5, 0.6) is 0 Å². The number of aryl methyl sites for hydroxylation is 2. The normalized spacial score (nSPS) is 10.6. The SMILES string of the molecule is Cc1cccc(-c2cnn(CCC(=O)O)c2)c1CO. The summed E-state index contributed by atoms with van der Waals surface area (Å²) in [5, 5.41) is 22.2. The van der Waals surface area contributed by atoms with Crippen molar-refractivity contribution in [1.82, 2.24) is 9.78 Å². The highest BCUT2D eigenvalue weighted by Crippen LogP contribution is 2.25. The first-order valence-corrected chi connectivity index (χ1v) is 6.06. The number of aliphatic hydroxyl groups excluding tert-OH is 1. The summed E-state index contributed by atoms with van der Waals surface area (Å²) in [6.45, 7) is 2.27. The van der Waals surface area contributed by atoms with Crippen LogP contribution in [-0.2, 0) is 17.9 Å². The Bertz CT molecular complexity index is 590. The maximum Gasteiger partial charge on any atom is 0.305 e. The highest BCUT2D eigenvalue weighted by molar-refractivity contribution is 5.68. The molecule has 0 aliphatic carbocycles. The number of carboxylic acid groups (broad SMARTS) is 1. The number of rotatable bonds is 5. The van der Waals surface area contributed by atoms with Gasteiger partial charge in [0.05, 0.1) is 25.8 Å². The fourth-order valence-corrected chi connectivity index (χ4v) is 2.02. The van der Waals surface area contributed by atoms with Crippen LogP contribution in [-0.4, -0.2) is 26.0 Å². The molecule has 5 heteroatoms. The Hall–Kier alpha value is -2.14. The molecule has 2 rings (SSSR count). The Morgan fingerprint density at radius 3 is 2.89 bits per heavy atom. The molecule has 0 bridgehead atoms. The second-order valence-corrected chi connectivity index (χ2v) is 4.39. The first-order valence-electron chi connectivity index (χ1n) is 6.06. The zero-order valence-electron chi connectivity index (χ0n) is 10.7. The van der Waals surface area contributed by atoms with E-state index in [-0.39, 0.29) is 13.0 Å². The minimum atomic E-state index is -0.844. The first kappa shape index (κ1) is 13.3. The molecule has 0 spiro atoms. The molecule has 0 aliphatic heterocycles. The third-order valence-electron chi connectivity index (χ3n) is 3.07. The van der Waals surface area contributed by atoms with E-state index in [1.807, 2.05) is 25.1 Å². The Labute approximate surface area is 111 Å². The van der Waals surface area contributed by atoms with Crippen LogP contribution in [0.4, 0.5) is 0 Å². The van der Waals surface area contributed by atoms with Gasteiger partial charge in [-0.2, -0.15) is 5.10 Å². The van der Waals surface area contributed by atoms with Crippen molar-refractivity contribution in [3.63, 3.8) is 0 Å². The molecule has 1 aromatic heterocycles. The van der Waals surface area contributed by atoms with Crippen LogP contribution in [0.3, 0.4) is 0 Å². The lowest BCUT2D eigenvalue weighted by molar-refractivity contribution is -0.137. The molecule has 2 aromatic rings. The summed E-state index contributed by atoms with van der Waals surface area (Å²) >= 11 is 0. The molecule has 2 N–H and O–H groups in total. The van der Waals surface area contributed by atoms with Crippen molar-refractivity contribution < 1.29 is 15.0 Å². The van der Waals surface area contributed by atoms with Crippen LogP contribution in [0.15, 0.2) is 30.6 Å². The van der Waals surface area contributed by atoms with Crippen LogP contribution >= 0.6 is 0 Å². The molecule has 5 nitrogen and oxygen atoms in total. The number of nitrogens with zero attached hydrogens (tertiary/aromatic N) is 2. The molecular weight excluding hydrogens is 244 g/mol. The van der Waals surface area contributed by atoms with E-state index < -0.39 is 5.97 Å². The lowest BCUT2D eigenvalue weighted by Crippen LogP contribution is -2.04. The topological polar surface area (TPSA) is 75.4 Å². The van der Waals surface area contributed by atoms with Gasteiger partial charge in [0.2, 0.25) is 0 Å². The van der Waals surface area contributed by atoms with Gasteiger partial charge >= 0.3 is 5.97 Å². The van der Waals surface area contributed by atoms with E-state index in [9.17, 15) is 9.90 Å². The van der Waals surface area contributed by atoms with Crippen molar-refractivity contribution in [3.8, 4) is 11.1 Å². The molecule has 0 atom stereocenters. The Kier molecular flexibility index (Phi) is 3.97. The maximum absolute atomic E-state index is 10.5. The van der Waals surface area contributed by atoms with E-state index in [0.717, 1.165) is 22.3 Å². The average molecular weight is 260 g/mol. The lowest BCUT2D eigenvalue weighted by atomic mass is 9.99. The van der Waals surface area contributed by atoms with Crippen molar-refractivity contribution in [2.75, 3.05) is 0 Å². The molecule has 0 fully saturated rings.